The van der Waals surface area contributed by atoms with Crippen LogP contribution in [0, 0.1) is 0 Å². The minimum atomic E-state index is -1.03. The van der Waals surface area contributed by atoms with E-state index in [0.717, 1.165) is 5.56 Å². The molecule has 0 heterocycles. The third-order valence-electron chi connectivity index (χ3n) is 3.92. The second-order valence-electron chi connectivity index (χ2n) is 6.02. The molecule has 0 aliphatic heterocycles. The first-order valence-electron chi connectivity index (χ1n) is 8.52. The first-order chi connectivity index (χ1) is 13.0. The Balaban J connectivity index is 1.97. The number of carbonyl (C=O) groups is 3. The minimum Gasteiger partial charge on any atom is -0.481 e. The number of carboxylic acid groups (broad SMARTS) is 1. The van der Waals surface area contributed by atoms with Crippen LogP contribution in [0.25, 0.3) is 0 Å². The van der Waals surface area contributed by atoms with Gasteiger partial charge in [-0.05, 0) is 23.6 Å². The molecule has 0 aliphatic rings. The summed E-state index contributed by atoms with van der Waals surface area (Å²) < 4.78 is 0. The van der Waals surface area contributed by atoms with Gasteiger partial charge in [-0.15, -0.1) is 0 Å². The molecule has 0 aromatic heterocycles. The van der Waals surface area contributed by atoms with E-state index < -0.39 is 23.8 Å². The summed E-state index contributed by atoms with van der Waals surface area (Å²) in [6.45, 7) is 0.295. The van der Waals surface area contributed by atoms with Crippen molar-refractivity contribution in [1.29, 1.82) is 0 Å². The molecule has 0 unspecified atom stereocenters. The van der Waals surface area contributed by atoms with E-state index in [-0.39, 0.29) is 19.3 Å². The lowest BCUT2D eigenvalue weighted by atomic mass is 10.1. The normalized spacial score (nSPS) is 11.4. The standard InChI is InChI=1S/C20H21ClN2O4/c21-16-9-5-4-8-15(16)12-18(24)23-17(10-11-19(25)26)20(27)22-13-14-6-2-1-3-7-14/h1-9,17H,10-13H2,(H,22,27)(H,23,24)(H,25,26)/t17-/m0/s1. The van der Waals surface area contributed by atoms with Crippen LogP contribution >= 0.6 is 11.6 Å². The van der Waals surface area contributed by atoms with Crippen molar-refractivity contribution in [2.24, 2.45) is 0 Å². The number of carboxylic acids is 1. The van der Waals surface area contributed by atoms with Gasteiger partial charge in [0.2, 0.25) is 11.8 Å². The highest BCUT2D eigenvalue weighted by atomic mass is 35.5. The summed E-state index contributed by atoms with van der Waals surface area (Å²) in [6.07, 6.45) is -0.213. The predicted molar refractivity (Wildman–Crippen MR) is 102 cm³/mol. The van der Waals surface area contributed by atoms with Gasteiger partial charge in [0.15, 0.2) is 0 Å². The second-order valence-corrected chi connectivity index (χ2v) is 6.43. The van der Waals surface area contributed by atoms with Crippen molar-refractivity contribution < 1.29 is 19.5 Å². The zero-order valence-corrected chi connectivity index (χ0v) is 15.4. The highest BCUT2D eigenvalue weighted by Crippen LogP contribution is 2.15. The van der Waals surface area contributed by atoms with Gasteiger partial charge in [-0.25, -0.2) is 0 Å². The number of carbonyl (C=O) groups excluding carboxylic acids is 2. The first kappa shape index (κ1) is 20.5. The third-order valence-corrected chi connectivity index (χ3v) is 4.29. The molecular formula is C20H21ClN2O4. The Labute approximate surface area is 162 Å². The maximum absolute atomic E-state index is 12.4. The summed E-state index contributed by atoms with van der Waals surface area (Å²) in [5.74, 6) is -1.85. The smallest absolute Gasteiger partial charge is 0.303 e. The lowest BCUT2D eigenvalue weighted by Crippen LogP contribution is -2.47. The van der Waals surface area contributed by atoms with Crippen molar-refractivity contribution in [3.05, 3.63) is 70.7 Å². The van der Waals surface area contributed by atoms with Gasteiger partial charge in [0.1, 0.15) is 6.04 Å². The lowest BCUT2D eigenvalue weighted by Gasteiger charge is -2.18. The fourth-order valence-electron chi connectivity index (χ4n) is 2.50. The Morgan fingerprint density at radius 2 is 1.67 bits per heavy atom. The van der Waals surface area contributed by atoms with Crippen LogP contribution in [0.5, 0.6) is 0 Å². The molecule has 0 saturated carbocycles. The lowest BCUT2D eigenvalue weighted by molar-refractivity contribution is -0.138. The number of nitrogens with one attached hydrogen (secondary N) is 2. The minimum absolute atomic E-state index is 0.00418. The van der Waals surface area contributed by atoms with E-state index in [1.165, 1.54) is 0 Å². The molecule has 0 saturated heterocycles. The van der Waals surface area contributed by atoms with Crippen LogP contribution in [0.2, 0.25) is 5.02 Å². The van der Waals surface area contributed by atoms with Crippen molar-refractivity contribution in [2.45, 2.75) is 31.8 Å². The molecule has 27 heavy (non-hydrogen) atoms. The van der Waals surface area contributed by atoms with Crippen LogP contribution in [0.3, 0.4) is 0 Å². The Morgan fingerprint density at radius 3 is 2.33 bits per heavy atom. The molecule has 2 amide bonds. The van der Waals surface area contributed by atoms with Crippen molar-refractivity contribution in [3.63, 3.8) is 0 Å². The highest BCUT2D eigenvalue weighted by Gasteiger charge is 2.22. The van der Waals surface area contributed by atoms with Gasteiger partial charge < -0.3 is 15.7 Å². The monoisotopic (exact) mass is 388 g/mol. The zero-order valence-electron chi connectivity index (χ0n) is 14.7. The number of hydrogen-bond acceptors (Lipinski definition) is 3. The van der Waals surface area contributed by atoms with Crippen molar-refractivity contribution in [3.8, 4) is 0 Å². The number of benzene rings is 2. The molecule has 0 aliphatic carbocycles. The maximum atomic E-state index is 12.4. The number of aliphatic carboxylic acids is 1. The molecule has 7 heteroatoms. The summed E-state index contributed by atoms with van der Waals surface area (Å²) in [6, 6.07) is 15.3. The van der Waals surface area contributed by atoms with E-state index in [2.05, 4.69) is 10.6 Å². The van der Waals surface area contributed by atoms with E-state index >= 15 is 0 Å². The van der Waals surface area contributed by atoms with Crippen LogP contribution in [0.4, 0.5) is 0 Å². The highest BCUT2D eigenvalue weighted by molar-refractivity contribution is 6.31. The van der Waals surface area contributed by atoms with E-state index in [0.29, 0.717) is 17.1 Å². The number of amides is 2. The average molecular weight is 389 g/mol. The van der Waals surface area contributed by atoms with Crippen molar-refractivity contribution in [2.75, 3.05) is 0 Å². The molecule has 1 atom stereocenters. The predicted octanol–water partition coefficient (Wildman–Crippen LogP) is 2.55. The van der Waals surface area contributed by atoms with Gasteiger partial charge in [-0.1, -0.05) is 60.1 Å². The molecule has 0 radical (unpaired) electrons. The molecule has 142 valence electrons. The summed E-state index contributed by atoms with van der Waals surface area (Å²) in [5, 5.41) is 14.7. The van der Waals surface area contributed by atoms with E-state index in [1.807, 2.05) is 30.3 Å². The molecular weight excluding hydrogens is 368 g/mol. The molecule has 0 fully saturated rings. The number of halogens is 1. The van der Waals surface area contributed by atoms with Crippen LogP contribution < -0.4 is 10.6 Å². The maximum Gasteiger partial charge on any atom is 0.303 e. The topological polar surface area (TPSA) is 95.5 Å². The van der Waals surface area contributed by atoms with Crippen LogP contribution in [-0.4, -0.2) is 28.9 Å². The number of hydrogen-bond donors (Lipinski definition) is 3. The van der Waals surface area contributed by atoms with Crippen LogP contribution in [-0.2, 0) is 27.3 Å². The van der Waals surface area contributed by atoms with Gasteiger partial charge in [0, 0.05) is 18.0 Å². The van der Waals surface area contributed by atoms with Crippen LogP contribution in [0.15, 0.2) is 54.6 Å². The van der Waals surface area contributed by atoms with E-state index in [9.17, 15) is 14.4 Å². The Kier molecular flexibility index (Phi) is 7.82. The third kappa shape index (κ3) is 7.11. The Morgan fingerprint density at radius 1 is 1.00 bits per heavy atom. The molecule has 6 nitrogen and oxygen atoms in total. The Bertz CT molecular complexity index is 796. The fraction of sp³-hybridized carbons (Fsp3) is 0.250. The van der Waals surface area contributed by atoms with E-state index in [4.69, 9.17) is 16.7 Å². The molecule has 0 bridgehead atoms. The van der Waals surface area contributed by atoms with Crippen molar-refractivity contribution in [1.82, 2.24) is 10.6 Å². The number of rotatable bonds is 9. The van der Waals surface area contributed by atoms with Gasteiger partial charge in [-0.3, -0.25) is 14.4 Å². The first-order valence-corrected chi connectivity index (χ1v) is 8.89. The van der Waals surface area contributed by atoms with Gasteiger partial charge in [-0.2, -0.15) is 0 Å². The summed E-state index contributed by atoms with van der Waals surface area (Å²) in [7, 11) is 0. The summed E-state index contributed by atoms with van der Waals surface area (Å²) in [4.78, 5) is 35.6. The molecule has 2 aromatic carbocycles. The van der Waals surface area contributed by atoms with E-state index in [1.54, 1.807) is 24.3 Å². The van der Waals surface area contributed by atoms with Gasteiger partial charge >= 0.3 is 5.97 Å². The molecule has 2 aromatic rings. The summed E-state index contributed by atoms with van der Waals surface area (Å²) >= 11 is 6.05. The van der Waals surface area contributed by atoms with Crippen molar-refractivity contribution >= 4 is 29.4 Å². The molecule has 0 spiro atoms. The molecule has 2 rings (SSSR count). The second kappa shape index (κ2) is 10.3. The Hall–Kier alpha value is -2.86. The zero-order chi connectivity index (χ0) is 19.6. The fourth-order valence-corrected chi connectivity index (χ4v) is 2.71. The van der Waals surface area contributed by atoms with Gasteiger partial charge in [0.25, 0.3) is 0 Å². The SMILES string of the molecule is O=C(O)CC[C@H](NC(=O)Cc1ccccc1Cl)C(=O)NCc1ccccc1. The molecule has 3 N–H and O–H groups in total. The summed E-state index contributed by atoms with van der Waals surface area (Å²) in [5.41, 5.74) is 1.54. The van der Waals surface area contributed by atoms with Gasteiger partial charge in [0.05, 0.1) is 6.42 Å². The average Bonchev–Trinajstić information content (AvgIpc) is 2.65. The largest absolute Gasteiger partial charge is 0.481 e. The van der Waals surface area contributed by atoms with Crippen LogP contribution in [0.1, 0.15) is 24.0 Å². The quantitative estimate of drug-likeness (QED) is 0.615.